The van der Waals surface area contributed by atoms with Gasteiger partial charge in [0.1, 0.15) is 5.60 Å². The van der Waals surface area contributed by atoms with Gasteiger partial charge in [0.15, 0.2) is 5.60 Å². The summed E-state index contributed by atoms with van der Waals surface area (Å²) in [5.41, 5.74) is -1.06. The Kier molecular flexibility index (Phi) is 2.91. The molecule has 14 heavy (non-hydrogen) atoms. The van der Waals surface area contributed by atoms with Crippen LogP contribution in [0.25, 0.3) is 0 Å². The molecule has 2 atom stereocenters. The van der Waals surface area contributed by atoms with Crippen molar-refractivity contribution in [3.05, 3.63) is 0 Å². The molecule has 1 saturated heterocycles. The molecule has 0 radical (unpaired) electrons. The van der Waals surface area contributed by atoms with Gasteiger partial charge < -0.3 is 9.47 Å². The van der Waals surface area contributed by atoms with E-state index in [1.165, 1.54) is 0 Å². The summed E-state index contributed by atoms with van der Waals surface area (Å²) in [6, 6.07) is 0. The number of rotatable bonds is 3. The fourth-order valence-electron chi connectivity index (χ4n) is 1.63. The van der Waals surface area contributed by atoms with Gasteiger partial charge >= 0.3 is 5.97 Å². The maximum absolute atomic E-state index is 11.8. The SMILES string of the molecule is CCC1OC1(CC)C(=O)OC(C)(C)C. The van der Waals surface area contributed by atoms with Crippen molar-refractivity contribution in [3.63, 3.8) is 0 Å². The molecule has 0 aromatic rings. The van der Waals surface area contributed by atoms with Crippen molar-refractivity contribution >= 4 is 5.97 Å². The van der Waals surface area contributed by atoms with E-state index in [0.29, 0.717) is 6.42 Å². The number of carbonyl (C=O) groups excluding carboxylic acids is 1. The van der Waals surface area contributed by atoms with Crippen molar-refractivity contribution < 1.29 is 14.3 Å². The molecule has 0 aromatic carbocycles. The largest absolute Gasteiger partial charge is 0.458 e. The molecule has 1 rings (SSSR count). The van der Waals surface area contributed by atoms with Gasteiger partial charge in [0.25, 0.3) is 0 Å². The maximum atomic E-state index is 11.8. The predicted molar refractivity (Wildman–Crippen MR) is 54.0 cm³/mol. The molecule has 0 N–H and O–H groups in total. The third-order valence-electron chi connectivity index (χ3n) is 2.46. The summed E-state index contributed by atoms with van der Waals surface area (Å²) >= 11 is 0. The van der Waals surface area contributed by atoms with Crippen LogP contribution >= 0.6 is 0 Å². The Morgan fingerprint density at radius 2 is 2.00 bits per heavy atom. The summed E-state index contributed by atoms with van der Waals surface area (Å²) in [5, 5.41) is 0. The molecular formula is C11H20O3. The lowest BCUT2D eigenvalue weighted by Crippen LogP contribution is -2.35. The Morgan fingerprint density at radius 3 is 2.29 bits per heavy atom. The molecule has 1 aliphatic heterocycles. The first-order valence-electron chi connectivity index (χ1n) is 5.27. The van der Waals surface area contributed by atoms with Crippen molar-refractivity contribution in [2.45, 2.75) is 64.8 Å². The Morgan fingerprint density at radius 1 is 1.43 bits per heavy atom. The van der Waals surface area contributed by atoms with Crippen molar-refractivity contribution in [3.8, 4) is 0 Å². The first-order chi connectivity index (χ1) is 6.35. The number of esters is 1. The molecule has 0 aromatic heterocycles. The fraction of sp³-hybridized carbons (Fsp3) is 0.909. The molecule has 3 nitrogen and oxygen atoms in total. The van der Waals surface area contributed by atoms with Gasteiger partial charge in [-0.2, -0.15) is 0 Å². The first-order valence-corrected chi connectivity index (χ1v) is 5.27. The summed E-state index contributed by atoms with van der Waals surface area (Å²) in [6.07, 6.45) is 1.62. The van der Waals surface area contributed by atoms with E-state index in [-0.39, 0.29) is 12.1 Å². The number of ether oxygens (including phenoxy) is 2. The molecule has 0 saturated carbocycles. The van der Waals surface area contributed by atoms with Crippen LogP contribution in [0.1, 0.15) is 47.5 Å². The van der Waals surface area contributed by atoms with Gasteiger partial charge in [0.05, 0.1) is 6.10 Å². The standard InChI is InChI=1S/C11H20O3/c1-6-8-11(7-2,13-8)9(12)14-10(3,4)5/h8H,6-7H2,1-5H3. The van der Waals surface area contributed by atoms with E-state index < -0.39 is 11.2 Å². The summed E-state index contributed by atoms with van der Waals surface area (Å²) < 4.78 is 10.8. The molecule has 1 fully saturated rings. The molecule has 2 unspecified atom stereocenters. The van der Waals surface area contributed by atoms with E-state index in [4.69, 9.17) is 9.47 Å². The van der Waals surface area contributed by atoms with Gasteiger partial charge in [0, 0.05) is 0 Å². The Bertz CT molecular complexity index is 229. The van der Waals surface area contributed by atoms with E-state index >= 15 is 0 Å². The molecule has 3 heteroatoms. The van der Waals surface area contributed by atoms with Gasteiger partial charge in [0.2, 0.25) is 0 Å². The highest BCUT2D eigenvalue weighted by atomic mass is 16.7. The number of epoxide rings is 1. The van der Waals surface area contributed by atoms with Gasteiger partial charge in [-0.05, 0) is 33.6 Å². The zero-order valence-corrected chi connectivity index (χ0v) is 9.72. The zero-order chi connectivity index (χ0) is 11.0. The minimum absolute atomic E-state index is 0.0577. The van der Waals surface area contributed by atoms with Gasteiger partial charge in [-0.1, -0.05) is 13.8 Å². The van der Waals surface area contributed by atoms with Gasteiger partial charge in [-0.15, -0.1) is 0 Å². The van der Waals surface area contributed by atoms with Crippen LogP contribution in [0.3, 0.4) is 0 Å². The van der Waals surface area contributed by atoms with Crippen LogP contribution in [0, 0.1) is 0 Å². The van der Waals surface area contributed by atoms with E-state index in [9.17, 15) is 4.79 Å². The molecule has 0 bridgehead atoms. The van der Waals surface area contributed by atoms with Crippen LogP contribution in [-0.4, -0.2) is 23.3 Å². The Balaban J connectivity index is 2.61. The van der Waals surface area contributed by atoms with E-state index in [1.54, 1.807) is 0 Å². The summed E-state index contributed by atoms with van der Waals surface area (Å²) in [6.45, 7) is 9.60. The summed E-state index contributed by atoms with van der Waals surface area (Å²) in [4.78, 5) is 11.8. The fourth-order valence-corrected chi connectivity index (χ4v) is 1.63. The molecule has 1 aliphatic rings. The first kappa shape index (κ1) is 11.5. The highest BCUT2D eigenvalue weighted by Crippen LogP contribution is 2.43. The van der Waals surface area contributed by atoms with Crippen LogP contribution in [0.4, 0.5) is 0 Å². The van der Waals surface area contributed by atoms with Gasteiger partial charge in [-0.3, -0.25) is 0 Å². The lowest BCUT2D eigenvalue weighted by molar-refractivity contribution is -0.161. The second kappa shape index (κ2) is 3.54. The lowest BCUT2D eigenvalue weighted by atomic mass is 10.0. The number of carbonyl (C=O) groups is 1. The summed E-state index contributed by atoms with van der Waals surface area (Å²) in [5.74, 6) is -0.209. The number of hydrogen-bond acceptors (Lipinski definition) is 3. The van der Waals surface area contributed by atoms with Crippen molar-refractivity contribution in [2.75, 3.05) is 0 Å². The van der Waals surface area contributed by atoms with E-state index in [1.807, 2.05) is 34.6 Å². The second-order valence-electron chi connectivity index (χ2n) is 4.76. The highest BCUT2D eigenvalue weighted by Gasteiger charge is 2.61. The quantitative estimate of drug-likeness (QED) is 0.518. The molecule has 0 aliphatic carbocycles. The Labute approximate surface area is 85.8 Å². The zero-order valence-electron chi connectivity index (χ0n) is 9.72. The van der Waals surface area contributed by atoms with Crippen LogP contribution in [0.15, 0.2) is 0 Å². The van der Waals surface area contributed by atoms with Crippen molar-refractivity contribution in [1.29, 1.82) is 0 Å². The van der Waals surface area contributed by atoms with E-state index in [2.05, 4.69) is 0 Å². The van der Waals surface area contributed by atoms with Crippen LogP contribution in [0.5, 0.6) is 0 Å². The van der Waals surface area contributed by atoms with Crippen LogP contribution < -0.4 is 0 Å². The smallest absolute Gasteiger partial charge is 0.341 e. The Hall–Kier alpha value is -0.570. The highest BCUT2D eigenvalue weighted by molar-refractivity contribution is 5.83. The molecule has 0 amide bonds. The minimum Gasteiger partial charge on any atom is -0.458 e. The third-order valence-corrected chi connectivity index (χ3v) is 2.46. The topological polar surface area (TPSA) is 38.8 Å². The molecular weight excluding hydrogens is 180 g/mol. The lowest BCUT2D eigenvalue weighted by Gasteiger charge is -2.22. The monoisotopic (exact) mass is 200 g/mol. The average molecular weight is 200 g/mol. The second-order valence-corrected chi connectivity index (χ2v) is 4.76. The third kappa shape index (κ3) is 2.08. The molecule has 0 spiro atoms. The summed E-state index contributed by atoms with van der Waals surface area (Å²) in [7, 11) is 0. The van der Waals surface area contributed by atoms with Gasteiger partial charge in [-0.25, -0.2) is 4.79 Å². The maximum Gasteiger partial charge on any atom is 0.341 e. The van der Waals surface area contributed by atoms with Crippen LogP contribution in [-0.2, 0) is 14.3 Å². The molecule has 1 heterocycles. The normalized spacial score (nSPS) is 31.4. The van der Waals surface area contributed by atoms with Crippen molar-refractivity contribution in [2.24, 2.45) is 0 Å². The minimum atomic E-state index is -0.637. The number of hydrogen-bond donors (Lipinski definition) is 0. The van der Waals surface area contributed by atoms with E-state index in [0.717, 1.165) is 6.42 Å². The predicted octanol–water partition coefficient (Wildman–Crippen LogP) is 2.29. The van der Waals surface area contributed by atoms with Crippen molar-refractivity contribution in [1.82, 2.24) is 0 Å². The average Bonchev–Trinajstić information content (AvgIpc) is 2.76. The van der Waals surface area contributed by atoms with Crippen LogP contribution in [0.2, 0.25) is 0 Å². The molecule has 82 valence electrons.